The van der Waals surface area contributed by atoms with Crippen LogP contribution in [0.5, 0.6) is 0 Å². The van der Waals surface area contributed by atoms with Crippen molar-refractivity contribution in [2.24, 2.45) is 5.92 Å². The van der Waals surface area contributed by atoms with Gasteiger partial charge in [0.05, 0.1) is 6.61 Å². The van der Waals surface area contributed by atoms with E-state index in [4.69, 9.17) is 36.1 Å². The third kappa shape index (κ3) is 13.2. The van der Waals surface area contributed by atoms with Gasteiger partial charge in [-0.25, -0.2) is 9.36 Å². The van der Waals surface area contributed by atoms with Gasteiger partial charge in [0.15, 0.2) is 6.29 Å². The predicted molar refractivity (Wildman–Crippen MR) is 170 cm³/mol. The van der Waals surface area contributed by atoms with E-state index in [1.165, 1.54) is 6.92 Å². The number of aliphatic hydroxyl groups is 3. The second-order valence-corrected chi connectivity index (χ2v) is 13.1. The summed E-state index contributed by atoms with van der Waals surface area (Å²) < 4.78 is 49.3. The van der Waals surface area contributed by atoms with E-state index in [9.17, 15) is 39.2 Å². The minimum absolute atomic E-state index is 0.0132. The number of rotatable bonds is 19. The maximum absolute atomic E-state index is 12.4. The third-order valence-corrected chi connectivity index (χ3v) is 8.93. The van der Waals surface area contributed by atoms with Gasteiger partial charge in [0, 0.05) is 45.5 Å². The Morgan fingerprint density at radius 2 is 1.76 bits per heavy atom. The summed E-state index contributed by atoms with van der Waals surface area (Å²) in [5.74, 6) is -1.30. The molecule has 2 fully saturated rings. The fourth-order valence-corrected chi connectivity index (χ4v) is 6.10. The van der Waals surface area contributed by atoms with Crippen molar-refractivity contribution >= 4 is 33.6 Å². The molecule has 2 heterocycles. The molecule has 1 aromatic rings. The number of amides is 2. The lowest BCUT2D eigenvalue weighted by Gasteiger charge is -2.42. The highest BCUT2D eigenvalue weighted by Crippen LogP contribution is 2.48. The molecule has 0 bridgehead atoms. The Morgan fingerprint density at radius 3 is 2.43 bits per heavy atom. The number of benzene rings is 1. The van der Waals surface area contributed by atoms with Crippen LogP contribution in [0.3, 0.4) is 0 Å². The molecule has 49 heavy (non-hydrogen) atoms. The van der Waals surface area contributed by atoms with E-state index < -0.39 is 81.3 Å². The third-order valence-electron chi connectivity index (χ3n) is 7.96. The Balaban J connectivity index is 1.39. The summed E-state index contributed by atoms with van der Waals surface area (Å²) >= 11 is 0. The van der Waals surface area contributed by atoms with Crippen LogP contribution in [-0.4, -0.2) is 128 Å². The summed E-state index contributed by atoms with van der Waals surface area (Å²) in [5, 5.41) is 35.1. The van der Waals surface area contributed by atoms with Crippen LogP contribution in [0.4, 0.5) is 4.79 Å². The molecular formula is C30H46BN2O15P. The van der Waals surface area contributed by atoms with E-state index in [0.717, 1.165) is 12.7 Å². The van der Waals surface area contributed by atoms with E-state index in [1.807, 2.05) is 6.07 Å². The molecule has 0 spiro atoms. The van der Waals surface area contributed by atoms with Crippen LogP contribution in [0.2, 0.25) is 0 Å². The number of hydrogen-bond donors (Lipinski definition) is 6. The Kier molecular flexibility index (Phi) is 16.9. The van der Waals surface area contributed by atoms with Crippen molar-refractivity contribution in [2.45, 2.75) is 94.5 Å². The second-order valence-electron chi connectivity index (χ2n) is 11.6. The van der Waals surface area contributed by atoms with Gasteiger partial charge in [-0.1, -0.05) is 30.3 Å². The summed E-state index contributed by atoms with van der Waals surface area (Å²) in [7, 11) is 2.69. The van der Waals surface area contributed by atoms with Gasteiger partial charge in [-0.3, -0.25) is 18.6 Å². The van der Waals surface area contributed by atoms with Crippen molar-refractivity contribution in [3.05, 3.63) is 35.9 Å². The van der Waals surface area contributed by atoms with E-state index in [-0.39, 0.29) is 38.7 Å². The van der Waals surface area contributed by atoms with Gasteiger partial charge in [-0.15, -0.1) is 0 Å². The first-order valence-corrected chi connectivity index (χ1v) is 17.4. The van der Waals surface area contributed by atoms with E-state index in [2.05, 4.69) is 15.2 Å². The van der Waals surface area contributed by atoms with Gasteiger partial charge >= 0.3 is 14.0 Å². The van der Waals surface area contributed by atoms with Crippen molar-refractivity contribution in [2.75, 3.05) is 33.5 Å². The summed E-state index contributed by atoms with van der Waals surface area (Å²) in [6.07, 6.45) is -6.30. The molecule has 2 unspecified atom stereocenters. The van der Waals surface area contributed by atoms with E-state index >= 15 is 0 Å². The zero-order valence-corrected chi connectivity index (χ0v) is 28.4. The van der Waals surface area contributed by atoms with Crippen LogP contribution in [0, 0.1) is 5.92 Å². The Bertz CT molecular complexity index is 1230. The molecule has 3 rings (SSSR count). The number of hydrogen-bond acceptors (Lipinski definition) is 14. The van der Waals surface area contributed by atoms with Gasteiger partial charge in [0.1, 0.15) is 57.6 Å². The average Bonchev–Trinajstić information content (AvgIpc) is 3.36. The highest BCUT2D eigenvalue weighted by Gasteiger charge is 2.47. The van der Waals surface area contributed by atoms with Crippen molar-refractivity contribution in [3.8, 4) is 0 Å². The average molecular weight is 716 g/mol. The quantitative estimate of drug-likeness (QED) is 0.0479. The molecule has 17 nitrogen and oxygen atoms in total. The zero-order valence-electron chi connectivity index (χ0n) is 27.5. The number of aliphatic hydroxyl groups excluding tert-OH is 3. The van der Waals surface area contributed by atoms with Crippen LogP contribution < -0.4 is 10.6 Å². The molecule has 0 saturated carbocycles. The monoisotopic (exact) mass is 716 g/mol. The summed E-state index contributed by atoms with van der Waals surface area (Å²) in [6, 6.07) is 6.99. The molecule has 10 atom stereocenters. The number of phosphoric acid groups is 1. The second kappa shape index (κ2) is 20.3. The molecule has 2 aliphatic heterocycles. The van der Waals surface area contributed by atoms with Gasteiger partial charge in [-0.05, 0) is 31.2 Å². The molecule has 274 valence electrons. The van der Waals surface area contributed by atoms with Gasteiger partial charge in [-0.2, -0.15) is 0 Å². The number of nitrogens with one attached hydrogen (secondary N) is 2. The lowest BCUT2D eigenvalue weighted by Crippen LogP contribution is -2.64. The fraction of sp³-hybridized carbons (Fsp3) is 0.700. The topological polar surface area (TPSA) is 238 Å². The lowest BCUT2D eigenvalue weighted by atomic mass is 9.82. The van der Waals surface area contributed by atoms with Gasteiger partial charge < -0.3 is 54.5 Å². The molecule has 2 aliphatic rings. The standard InChI is InChI=1S/C30H46BN2O15P/c1-18(35)33-24-26(38)25(37)21(15-34)47-29(24)43-14-7-6-12-23(36)32-13-8-11-20-27(48-49(40,41)42-2)22(46-28(20)31)17-45-30(39)44-16-19-9-4-3-5-10-19/h3-5,9-10,20-22,24-29,34,37-38H,6-8,11-17H2,1-2H3,(H,32,36)(H,33,35)(H,40,41)/t20?,21-,22-,24-,25+,26-,27-,28-,29-/m1/s1. The molecule has 1 aromatic carbocycles. The van der Waals surface area contributed by atoms with Crippen LogP contribution in [0.25, 0.3) is 0 Å². The number of carbonyl (C=O) groups is 3. The van der Waals surface area contributed by atoms with Crippen LogP contribution in [-0.2, 0) is 53.5 Å². The van der Waals surface area contributed by atoms with Crippen LogP contribution in [0.1, 0.15) is 44.6 Å². The Hall–Kier alpha value is -2.64. The first-order valence-electron chi connectivity index (χ1n) is 15.9. The molecule has 2 amide bonds. The fourth-order valence-electron chi connectivity index (χ4n) is 5.41. The molecule has 0 aliphatic carbocycles. The summed E-state index contributed by atoms with van der Waals surface area (Å²) in [6.45, 7) is 0.677. The van der Waals surface area contributed by atoms with Crippen LogP contribution >= 0.6 is 7.82 Å². The predicted octanol–water partition coefficient (Wildman–Crippen LogP) is 0.00840. The Morgan fingerprint density at radius 1 is 1.02 bits per heavy atom. The van der Waals surface area contributed by atoms with Crippen molar-refractivity contribution < 1.29 is 71.9 Å². The minimum atomic E-state index is -4.48. The maximum atomic E-state index is 12.4. The molecular weight excluding hydrogens is 670 g/mol. The first-order chi connectivity index (χ1) is 23.3. The molecule has 2 radical (unpaired) electrons. The van der Waals surface area contributed by atoms with E-state index in [0.29, 0.717) is 25.7 Å². The lowest BCUT2D eigenvalue weighted by molar-refractivity contribution is -0.270. The minimum Gasteiger partial charge on any atom is -0.431 e. The zero-order chi connectivity index (χ0) is 36.0. The highest BCUT2D eigenvalue weighted by atomic mass is 31.2. The molecule has 19 heteroatoms. The molecule has 2 saturated heterocycles. The normalized spacial score (nSPS) is 29.5. The SMILES string of the molecule is [B][C@@H]1O[C@H](COC(=O)OCc2ccccc2)[C@H](OP(=O)(O)OC)C1CCCNC(=O)CCCCO[C@@H]1O[C@H](CO)[C@H](O)[C@H](O)[C@H]1NC(C)=O. The number of ether oxygens (including phenoxy) is 5. The van der Waals surface area contributed by atoms with Gasteiger partial charge in [0.2, 0.25) is 11.8 Å². The van der Waals surface area contributed by atoms with Crippen molar-refractivity contribution in [1.82, 2.24) is 10.6 Å². The number of carbonyl (C=O) groups excluding carboxylic acids is 3. The summed E-state index contributed by atoms with van der Waals surface area (Å²) in [4.78, 5) is 46.1. The van der Waals surface area contributed by atoms with Crippen molar-refractivity contribution in [1.29, 1.82) is 0 Å². The van der Waals surface area contributed by atoms with Gasteiger partial charge in [0.25, 0.3) is 0 Å². The highest BCUT2D eigenvalue weighted by molar-refractivity contribution is 7.47. The number of phosphoric ester groups is 1. The van der Waals surface area contributed by atoms with E-state index in [1.54, 1.807) is 24.3 Å². The molecule has 6 N–H and O–H groups in total. The maximum Gasteiger partial charge on any atom is 0.508 e. The van der Waals surface area contributed by atoms with Crippen LogP contribution in [0.15, 0.2) is 30.3 Å². The first kappa shape index (κ1) is 40.8. The Labute approximate surface area is 285 Å². The summed E-state index contributed by atoms with van der Waals surface area (Å²) in [5.41, 5.74) is 0.756. The largest absolute Gasteiger partial charge is 0.508 e. The molecule has 0 aromatic heterocycles. The number of unbranched alkanes of at least 4 members (excludes halogenated alkanes) is 1. The smallest absolute Gasteiger partial charge is 0.431 e. The van der Waals surface area contributed by atoms with Crippen molar-refractivity contribution in [3.63, 3.8) is 0 Å².